The zero-order chi connectivity index (χ0) is 16.5. The highest BCUT2D eigenvalue weighted by atomic mass is 31.2. The minimum atomic E-state index is -4.51. The number of nitrogens with zero attached hydrogens (tertiary/aromatic N) is 3. The van der Waals surface area contributed by atoms with E-state index in [2.05, 4.69) is 15.0 Å². The summed E-state index contributed by atoms with van der Waals surface area (Å²) in [5.41, 5.74) is 4.79. The summed E-state index contributed by atoms with van der Waals surface area (Å²) in [5, 5.41) is 9.03. The highest BCUT2D eigenvalue weighted by Crippen LogP contribution is 2.34. The van der Waals surface area contributed by atoms with Crippen LogP contribution in [0.3, 0.4) is 0 Å². The first-order valence-corrected chi connectivity index (χ1v) is 7.57. The second-order valence-corrected chi connectivity index (χ2v) is 5.90. The Labute approximate surface area is 121 Å². The van der Waals surface area contributed by atoms with Crippen LogP contribution in [0.1, 0.15) is 0 Å². The number of nitrogen functional groups attached to an aromatic ring is 1. The van der Waals surface area contributed by atoms with Crippen LogP contribution in [0.15, 0.2) is 11.1 Å². The average molecular weight is 333 g/mol. The molecular formula is C9H12N5O7P. The van der Waals surface area contributed by atoms with Gasteiger partial charge in [-0.25, -0.2) is 9.78 Å². The molecule has 0 aliphatic carbocycles. The molecule has 2 aromatic rings. The molecule has 0 saturated carbocycles. The molecule has 2 heterocycles. The lowest BCUT2D eigenvalue weighted by Crippen LogP contribution is -2.29. The van der Waals surface area contributed by atoms with Crippen molar-refractivity contribution in [3.8, 4) is 0 Å². The van der Waals surface area contributed by atoms with Crippen LogP contribution in [0.5, 0.6) is 0 Å². The first kappa shape index (κ1) is 16.1. The summed E-state index contributed by atoms with van der Waals surface area (Å²) >= 11 is 0. The number of carbonyl (C=O) groups is 1. The average Bonchev–Trinajstić information content (AvgIpc) is 2.76. The van der Waals surface area contributed by atoms with E-state index in [1.54, 1.807) is 0 Å². The second-order valence-electron chi connectivity index (χ2n) is 4.31. The van der Waals surface area contributed by atoms with Gasteiger partial charge >= 0.3 is 13.6 Å². The summed E-state index contributed by atoms with van der Waals surface area (Å²) in [6, 6.07) is 0. The Morgan fingerprint density at radius 2 is 2.23 bits per heavy atom. The Balaban J connectivity index is 2.29. The Morgan fingerprint density at radius 3 is 2.82 bits per heavy atom. The van der Waals surface area contributed by atoms with Gasteiger partial charge in [-0.3, -0.25) is 14.3 Å². The van der Waals surface area contributed by atoms with E-state index in [0.717, 1.165) is 6.33 Å². The van der Waals surface area contributed by atoms with Crippen LogP contribution < -0.4 is 11.3 Å². The van der Waals surface area contributed by atoms with Gasteiger partial charge in [-0.15, -0.1) is 0 Å². The van der Waals surface area contributed by atoms with Crippen molar-refractivity contribution in [1.82, 2.24) is 19.5 Å². The maximum atomic E-state index is 11.6. The van der Waals surface area contributed by atoms with Gasteiger partial charge in [0.2, 0.25) is 5.95 Å². The molecule has 12 nitrogen and oxygen atoms in total. The molecule has 0 bridgehead atoms. The molecule has 22 heavy (non-hydrogen) atoms. The second kappa shape index (κ2) is 5.85. The van der Waals surface area contributed by atoms with E-state index in [0.29, 0.717) is 0 Å². The van der Waals surface area contributed by atoms with Gasteiger partial charge in [0.1, 0.15) is 6.35 Å². The summed E-state index contributed by atoms with van der Waals surface area (Å²) in [6.07, 6.45) is -1.46. The molecule has 0 amide bonds. The predicted octanol–water partition coefficient (Wildman–Crippen LogP) is -1.69. The van der Waals surface area contributed by atoms with Crippen molar-refractivity contribution >= 4 is 30.7 Å². The van der Waals surface area contributed by atoms with Crippen LogP contribution in [0.2, 0.25) is 0 Å². The fourth-order valence-corrected chi connectivity index (χ4v) is 2.05. The van der Waals surface area contributed by atoms with Crippen LogP contribution in [-0.2, 0) is 20.6 Å². The Hall–Kier alpha value is -2.27. The number of carboxylic acid groups (broad SMARTS) is 1. The number of aromatic amines is 1. The smallest absolute Gasteiger partial charge is 0.351 e. The van der Waals surface area contributed by atoms with Gasteiger partial charge in [0.05, 0.1) is 12.9 Å². The molecule has 0 fully saturated rings. The van der Waals surface area contributed by atoms with Gasteiger partial charge in [0.25, 0.3) is 5.56 Å². The number of aliphatic carboxylic acids is 1. The number of fused-ring (bicyclic) bond motifs is 1. The number of carboxylic acids is 1. The van der Waals surface area contributed by atoms with E-state index in [9.17, 15) is 14.2 Å². The molecule has 0 unspecified atom stereocenters. The van der Waals surface area contributed by atoms with Gasteiger partial charge in [-0.05, 0) is 0 Å². The number of nitrogens with two attached hydrogens (primary N) is 1. The van der Waals surface area contributed by atoms with Crippen LogP contribution in [0, 0.1) is 0 Å². The minimum Gasteiger partial charge on any atom is -0.479 e. The maximum Gasteiger partial charge on any atom is 0.351 e. The molecule has 2 rings (SSSR count). The predicted molar refractivity (Wildman–Crippen MR) is 72.0 cm³/mol. The SMILES string of the molecule is Nc1nc2c(ncn2C[C@H](OCP(=O)(O)O)C(=O)O)c(=O)[nH]1. The first-order valence-electron chi connectivity index (χ1n) is 5.77. The lowest BCUT2D eigenvalue weighted by Gasteiger charge is -2.15. The lowest BCUT2D eigenvalue weighted by atomic mass is 10.3. The molecule has 0 aliphatic rings. The fraction of sp³-hybridized carbons (Fsp3) is 0.333. The molecule has 6 N–H and O–H groups in total. The quantitative estimate of drug-likeness (QED) is 0.380. The standard InChI is InChI=1S/C9H12N5O7P/c10-9-12-6-5(7(15)13-9)11-2-14(6)1-4(8(16)17)21-3-22(18,19)20/h2,4H,1,3H2,(H,16,17)(H2,18,19,20)(H3,10,12,13,15)/t4-/m0/s1. The van der Waals surface area contributed by atoms with Crippen molar-refractivity contribution in [2.45, 2.75) is 12.6 Å². The molecule has 0 aliphatic heterocycles. The number of H-pyrrole nitrogens is 1. The van der Waals surface area contributed by atoms with Gasteiger partial charge in [0, 0.05) is 0 Å². The molecule has 120 valence electrons. The van der Waals surface area contributed by atoms with E-state index in [1.165, 1.54) is 4.57 Å². The van der Waals surface area contributed by atoms with Crippen LogP contribution in [-0.4, -0.2) is 52.8 Å². The summed E-state index contributed by atoms with van der Waals surface area (Å²) in [6.45, 7) is -0.359. The Morgan fingerprint density at radius 1 is 1.55 bits per heavy atom. The van der Waals surface area contributed by atoms with Crippen molar-refractivity contribution in [1.29, 1.82) is 0 Å². The monoisotopic (exact) mass is 333 g/mol. The number of hydrogen-bond donors (Lipinski definition) is 5. The highest BCUT2D eigenvalue weighted by Gasteiger charge is 2.25. The summed E-state index contributed by atoms with van der Waals surface area (Å²) < 4.78 is 16.6. The number of hydrogen-bond acceptors (Lipinski definition) is 7. The van der Waals surface area contributed by atoms with Crippen LogP contribution >= 0.6 is 7.60 Å². The molecule has 13 heteroatoms. The van der Waals surface area contributed by atoms with Crippen LogP contribution in [0.25, 0.3) is 11.2 Å². The zero-order valence-electron chi connectivity index (χ0n) is 10.9. The number of aromatic nitrogens is 4. The van der Waals surface area contributed by atoms with E-state index in [-0.39, 0.29) is 23.7 Å². The number of ether oxygens (including phenoxy) is 1. The van der Waals surface area contributed by atoms with Crippen molar-refractivity contribution in [3.05, 3.63) is 16.7 Å². The molecule has 2 aromatic heterocycles. The third-order valence-corrected chi connectivity index (χ3v) is 3.06. The first-order chi connectivity index (χ1) is 10.2. The summed E-state index contributed by atoms with van der Waals surface area (Å²) in [7, 11) is -4.51. The molecule has 0 radical (unpaired) electrons. The summed E-state index contributed by atoms with van der Waals surface area (Å²) in [4.78, 5) is 50.0. The fourth-order valence-electron chi connectivity index (χ4n) is 1.67. The van der Waals surface area contributed by atoms with Crippen molar-refractivity contribution in [2.24, 2.45) is 0 Å². The number of nitrogens with one attached hydrogen (secondary N) is 1. The largest absolute Gasteiger partial charge is 0.479 e. The topological polar surface area (TPSA) is 194 Å². The van der Waals surface area contributed by atoms with Gasteiger partial charge in [-0.2, -0.15) is 4.98 Å². The van der Waals surface area contributed by atoms with E-state index in [4.69, 9.17) is 25.4 Å². The van der Waals surface area contributed by atoms with E-state index >= 15 is 0 Å². The van der Waals surface area contributed by atoms with Crippen molar-refractivity contribution < 1.29 is 29.0 Å². The third kappa shape index (κ3) is 3.68. The Kier molecular flexibility index (Phi) is 4.28. The number of anilines is 1. The lowest BCUT2D eigenvalue weighted by molar-refractivity contribution is -0.150. The minimum absolute atomic E-state index is 0.0345. The Bertz CT molecular complexity index is 808. The maximum absolute atomic E-state index is 11.6. The molecule has 0 spiro atoms. The normalized spacial score (nSPS) is 13.4. The summed E-state index contributed by atoms with van der Waals surface area (Å²) in [5.74, 6) is -1.62. The van der Waals surface area contributed by atoms with Crippen molar-refractivity contribution in [3.63, 3.8) is 0 Å². The number of rotatable bonds is 6. The van der Waals surface area contributed by atoms with E-state index < -0.39 is 31.6 Å². The van der Waals surface area contributed by atoms with Gasteiger partial charge in [0.15, 0.2) is 17.3 Å². The van der Waals surface area contributed by atoms with Gasteiger partial charge in [-0.1, -0.05) is 0 Å². The molecule has 1 atom stereocenters. The van der Waals surface area contributed by atoms with Crippen LogP contribution in [0.4, 0.5) is 5.95 Å². The molecule has 0 saturated heterocycles. The highest BCUT2D eigenvalue weighted by molar-refractivity contribution is 7.51. The number of imidazole rings is 1. The van der Waals surface area contributed by atoms with Gasteiger partial charge < -0.3 is 29.9 Å². The zero-order valence-corrected chi connectivity index (χ0v) is 11.8. The van der Waals surface area contributed by atoms with E-state index in [1.807, 2.05) is 0 Å². The molecule has 0 aromatic carbocycles. The third-order valence-electron chi connectivity index (χ3n) is 2.57. The molecular weight excluding hydrogens is 321 g/mol. The van der Waals surface area contributed by atoms with Crippen molar-refractivity contribution in [2.75, 3.05) is 12.1 Å².